The lowest BCUT2D eigenvalue weighted by Gasteiger charge is -2.16. The minimum absolute atomic E-state index is 0.162. The molecule has 1 aliphatic rings. The lowest BCUT2D eigenvalue weighted by molar-refractivity contribution is -0.142. The minimum atomic E-state index is -4.46. The number of nitrogens with zero attached hydrogens (tertiary/aromatic N) is 2. The number of rotatable bonds is 5. The molecule has 1 aromatic heterocycles. The van der Waals surface area contributed by atoms with Crippen molar-refractivity contribution in [1.29, 1.82) is 0 Å². The maximum Gasteiger partial charge on any atom is 0.435 e. The van der Waals surface area contributed by atoms with E-state index in [1.807, 2.05) is 43.3 Å². The molecule has 31 heavy (non-hydrogen) atoms. The van der Waals surface area contributed by atoms with E-state index in [9.17, 15) is 18.0 Å². The number of amides is 1. The second-order valence-corrected chi connectivity index (χ2v) is 7.94. The Kier molecular flexibility index (Phi) is 5.85. The molecule has 4 nitrogen and oxygen atoms in total. The van der Waals surface area contributed by atoms with Gasteiger partial charge in [-0.3, -0.25) is 9.48 Å². The first-order valence-corrected chi connectivity index (χ1v) is 10.4. The van der Waals surface area contributed by atoms with Crippen LogP contribution >= 0.6 is 0 Å². The molecule has 0 aliphatic heterocycles. The SMILES string of the molecule is CC(NC(=O)c1cccc(Cn2nc(C(F)(F)F)c3c2CCCC3)c1)c1ccccc1. The molecule has 0 bridgehead atoms. The predicted octanol–water partition coefficient (Wildman–Crippen LogP) is 5.32. The van der Waals surface area contributed by atoms with E-state index in [0.29, 0.717) is 29.7 Å². The fraction of sp³-hybridized carbons (Fsp3) is 0.333. The van der Waals surface area contributed by atoms with Gasteiger partial charge >= 0.3 is 6.18 Å². The maximum absolute atomic E-state index is 13.4. The summed E-state index contributed by atoms with van der Waals surface area (Å²) in [6.07, 6.45) is -1.86. The van der Waals surface area contributed by atoms with Gasteiger partial charge in [-0.05, 0) is 55.9 Å². The summed E-state index contributed by atoms with van der Waals surface area (Å²) in [5.74, 6) is -0.225. The molecular weight excluding hydrogens is 403 g/mol. The van der Waals surface area contributed by atoms with Gasteiger partial charge in [0.2, 0.25) is 0 Å². The van der Waals surface area contributed by atoms with Crippen molar-refractivity contribution in [2.24, 2.45) is 0 Å². The number of hydrogen-bond acceptors (Lipinski definition) is 2. The summed E-state index contributed by atoms with van der Waals surface area (Å²) in [6.45, 7) is 2.11. The van der Waals surface area contributed by atoms with E-state index >= 15 is 0 Å². The third-order valence-electron chi connectivity index (χ3n) is 5.69. The summed E-state index contributed by atoms with van der Waals surface area (Å²) in [6, 6.07) is 16.5. The summed E-state index contributed by atoms with van der Waals surface area (Å²) in [4.78, 5) is 12.7. The van der Waals surface area contributed by atoms with E-state index < -0.39 is 11.9 Å². The van der Waals surface area contributed by atoms with Gasteiger partial charge in [0.1, 0.15) is 0 Å². The van der Waals surface area contributed by atoms with Crippen LogP contribution in [0.15, 0.2) is 54.6 Å². The highest BCUT2D eigenvalue weighted by Crippen LogP contribution is 2.36. The minimum Gasteiger partial charge on any atom is -0.346 e. The second kappa shape index (κ2) is 8.57. The molecule has 0 radical (unpaired) electrons. The monoisotopic (exact) mass is 427 g/mol. The Labute approximate surface area is 179 Å². The Balaban J connectivity index is 1.54. The van der Waals surface area contributed by atoms with Crippen LogP contribution in [-0.4, -0.2) is 15.7 Å². The molecule has 0 spiro atoms. The molecule has 7 heteroatoms. The van der Waals surface area contributed by atoms with Gasteiger partial charge in [0.15, 0.2) is 5.69 Å². The number of alkyl halides is 3. The van der Waals surface area contributed by atoms with Gasteiger partial charge in [-0.2, -0.15) is 18.3 Å². The fourth-order valence-corrected chi connectivity index (χ4v) is 4.12. The zero-order valence-corrected chi connectivity index (χ0v) is 17.2. The van der Waals surface area contributed by atoms with E-state index in [0.717, 1.165) is 24.0 Å². The van der Waals surface area contributed by atoms with Gasteiger partial charge in [0.05, 0.1) is 12.6 Å². The number of halogens is 3. The quantitative estimate of drug-likeness (QED) is 0.599. The standard InChI is InChI=1S/C24H24F3N3O/c1-16(18-9-3-2-4-10-18)28-23(31)19-11-7-8-17(14-19)15-30-21-13-6-5-12-20(21)22(29-30)24(25,26)27/h2-4,7-11,14,16H,5-6,12-13,15H2,1H3,(H,28,31). The molecule has 0 fully saturated rings. The van der Waals surface area contributed by atoms with Gasteiger partial charge in [-0.25, -0.2) is 0 Å². The van der Waals surface area contributed by atoms with Crippen molar-refractivity contribution in [3.05, 3.63) is 88.2 Å². The molecule has 2 aromatic carbocycles. The maximum atomic E-state index is 13.4. The number of benzene rings is 2. The molecule has 1 unspecified atom stereocenters. The van der Waals surface area contributed by atoms with Crippen LogP contribution in [0.3, 0.4) is 0 Å². The molecular formula is C24H24F3N3O. The molecule has 162 valence electrons. The van der Waals surface area contributed by atoms with Crippen LogP contribution in [0.2, 0.25) is 0 Å². The summed E-state index contributed by atoms with van der Waals surface area (Å²) >= 11 is 0. The molecule has 1 aliphatic carbocycles. The number of fused-ring (bicyclic) bond motifs is 1. The topological polar surface area (TPSA) is 46.9 Å². The zero-order chi connectivity index (χ0) is 22.0. The van der Waals surface area contributed by atoms with E-state index in [-0.39, 0.29) is 18.5 Å². The molecule has 0 saturated heterocycles. The van der Waals surface area contributed by atoms with Crippen LogP contribution in [0.25, 0.3) is 0 Å². The van der Waals surface area contributed by atoms with Crippen LogP contribution in [0.1, 0.15) is 64.2 Å². The number of hydrogen-bond donors (Lipinski definition) is 1. The van der Waals surface area contributed by atoms with E-state index in [1.54, 1.807) is 18.2 Å². The molecule has 3 aromatic rings. The molecule has 4 rings (SSSR count). The van der Waals surface area contributed by atoms with Gasteiger partial charge in [-0.1, -0.05) is 42.5 Å². The van der Waals surface area contributed by atoms with Crippen LogP contribution < -0.4 is 5.32 Å². The normalized spacial score (nSPS) is 14.7. The molecule has 1 heterocycles. The fourth-order valence-electron chi connectivity index (χ4n) is 4.12. The smallest absolute Gasteiger partial charge is 0.346 e. The first-order valence-electron chi connectivity index (χ1n) is 10.4. The Hall–Kier alpha value is -3.09. The number of carbonyl (C=O) groups is 1. The van der Waals surface area contributed by atoms with E-state index in [2.05, 4.69) is 10.4 Å². The van der Waals surface area contributed by atoms with Gasteiger partial charge in [-0.15, -0.1) is 0 Å². The lowest BCUT2D eigenvalue weighted by Crippen LogP contribution is -2.26. The zero-order valence-electron chi connectivity index (χ0n) is 17.2. The molecule has 1 amide bonds. The highest BCUT2D eigenvalue weighted by molar-refractivity contribution is 5.94. The van der Waals surface area contributed by atoms with Crippen molar-refractivity contribution in [2.75, 3.05) is 0 Å². The first-order chi connectivity index (χ1) is 14.8. The third kappa shape index (κ3) is 4.65. The largest absolute Gasteiger partial charge is 0.435 e. The van der Waals surface area contributed by atoms with Crippen LogP contribution in [0.4, 0.5) is 13.2 Å². The summed E-state index contributed by atoms with van der Waals surface area (Å²) < 4.78 is 41.8. The van der Waals surface area contributed by atoms with Crippen molar-refractivity contribution in [3.63, 3.8) is 0 Å². The average molecular weight is 427 g/mol. The first kappa shape index (κ1) is 21.2. The second-order valence-electron chi connectivity index (χ2n) is 7.94. The van der Waals surface area contributed by atoms with Crippen molar-refractivity contribution in [3.8, 4) is 0 Å². The van der Waals surface area contributed by atoms with Crippen molar-refractivity contribution < 1.29 is 18.0 Å². The van der Waals surface area contributed by atoms with Gasteiger partial charge in [0.25, 0.3) is 5.91 Å². The van der Waals surface area contributed by atoms with Gasteiger partial charge in [0, 0.05) is 16.8 Å². The number of carbonyl (C=O) groups excluding carboxylic acids is 1. The Morgan fingerprint density at radius 2 is 1.84 bits per heavy atom. The van der Waals surface area contributed by atoms with E-state index in [4.69, 9.17) is 0 Å². The molecule has 1 N–H and O–H groups in total. The van der Waals surface area contributed by atoms with Crippen LogP contribution in [0, 0.1) is 0 Å². The van der Waals surface area contributed by atoms with Crippen molar-refractivity contribution in [1.82, 2.24) is 15.1 Å². The highest BCUT2D eigenvalue weighted by Gasteiger charge is 2.39. The van der Waals surface area contributed by atoms with Crippen molar-refractivity contribution >= 4 is 5.91 Å². The van der Waals surface area contributed by atoms with E-state index in [1.165, 1.54) is 4.68 Å². The number of nitrogens with one attached hydrogen (secondary N) is 1. The highest BCUT2D eigenvalue weighted by atomic mass is 19.4. The molecule has 1 atom stereocenters. The summed E-state index contributed by atoms with van der Waals surface area (Å²) in [5.41, 5.74) is 2.42. The van der Waals surface area contributed by atoms with Gasteiger partial charge < -0.3 is 5.32 Å². The Morgan fingerprint density at radius 3 is 2.58 bits per heavy atom. The summed E-state index contributed by atoms with van der Waals surface area (Å²) in [5, 5.41) is 6.88. The van der Waals surface area contributed by atoms with Crippen LogP contribution in [-0.2, 0) is 25.6 Å². The third-order valence-corrected chi connectivity index (χ3v) is 5.69. The Bertz CT molecular complexity index is 1070. The predicted molar refractivity (Wildman–Crippen MR) is 112 cm³/mol. The number of aromatic nitrogens is 2. The van der Waals surface area contributed by atoms with Crippen molar-refractivity contribution in [2.45, 2.75) is 51.4 Å². The molecule has 0 saturated carbocycles. The van der Waals surface area contributed by atoms with Crippen LogP contribution in [0.5, 0.6) is 0 Å². The summed E-state index contributed by atoms with van der Waals surface area (Å²) in [7, 11) is 0. The average Bonchev–Trinajstić information content (AvgIpc) is 3.13. The lowest BCUT2D eigenvalue weighted by atomic mass is 9.95. The Morgan fingerprint density at radius 1 is 1.10 bits per heavy atom.